The van der Waals surface area contributed by atoms with E-state index in [-0.39, 0.29) is 24.2 Å². The third-order valence-corrected chi connectivity index (χ3v) is 5.65. The highest BCUT2D eigenvalue weighted by Gasteiger charge is 2.28. The Hall–Kier alpha value is -2.66. The van der Waals surface area contributed by atoms with E-state index in [4.69, 9.17) is 4.74 Å². The maximum Gasteiger partial charge on any atom is 0.230 e. The first-order chi connectivity index (χ1) is 14.6. The first-order valence-electron chi connectivity index (χ1n) is 10.8. The van der Waals surface area contributed by atoms with Crippen molar-refractivity contribution in [1.29, 1.82) is 0 Å². The van der Waals surface area contributed by atoms with Gasteiger partial charge in [-0.25, -0.2) is 0 Å². The van der Waals surface area contributed by atoms with Crippen molar-refractivity contribution < 1.29 is 14.3 Å². The van der Waals surface area contributed by atoms with Crippen LogP contribution in [0.5, 0.6) is 0 Å². The molecule has 0 heterocycles. The number of benzene rings is 2. The molecule has 1 aliphatic rings. The first-order valence-corrected chi connectivity index (χ1v) is 10.8. The Balaban J connectivity index is 1.78. The molecular weight excluding hydrogens is 376 g/mol. The summed E-state index contributed by atoms with van der Waals surface area (Å²) in [6.07, 6.45) is 4.45. The van der Waals surface area contributed by atoms with E-state index in [0.29, 0.717) is 19.7 Å². The van der Waals surface area contributed by atoms with Crippen LogP contribution in [0.3, 0.4) is 0 Å². The topological polar surface area (TPSA) is 58.6 Å². The minimum absolute atomic E-state index is 0.0450. The minimum atomic E-state index is -0.0450. The Bertz CT molecular complexity index is 842. The van der Waals surface area contributed by atoms with E-state index in [1.54, 1.807) is 7.11 Å². The van der Waals surface area contributed by atoms with Crippen molar-refractivity contribution in [2.45, 2.75) is 45.6 Å². The number of nitrogens with zero attached hydrogens (tertiary/aromatic N) is 1. The molecule has 5 nitrogen and oxygen atoms in total. The van der Waals surface area contributed by atoms with Crippen LogP contribution in [0, 0.1) is 12.8 Å². The van der Waals surface area contributed by atoms with Crippen LogP contribution in [-0.4, -0.2) is 32.1 Å². The lowest BCUT2D eigenvalue weighted by Gasteiger charge is -2.26. The predicted molar refractivity (Wildman–Crippen MR) is 119 cm³/mol. The molecule has 0 unspecified atom stereocenters. The van der Waals surface area contributed by atoms with Gasteiger partial charge in [-0.3, -0.25) is 9.59 Å². The number of carbonyl (C=O) groups is 2. The van der Waals surface area contributed by atoms with Crippen molar-refractivity contribution >= 4 is 17.5 Å². The highest BCUT2D eigenvalue weighted by atomic mass is 16.5. The molecule has 0 atom stereocenters. The van der Waals surface area contributed by atoms with Gasteiger partial charge in [-0.2, -0.15) is 0 Å². The Morgan fingerprint density at radius 3 is 2.50 bits per heavy atom. The zero-order valence-corrected chi connectivity index (χ0v) is 18.0. The number of carbonyl (C=O) groups excluding carboxylic acids is 2. The van der Waals surface area contributed by atoms with Crippen LogP contribution in [0.25, 0.3) is 0 Å². The van der Waals surface area contributed by atoms with Gasteiger partial charge in [0, 0.05) is 25.3 Å². The lowest BCUT2D eigenvalue weighted by molar-refractivity contribution is -0.122. The number of ether oxygens (including phenoxy) is 1. The Kier molecular flexibility index (Phi) is 8.03. The average molecular weight is 409 g/mol. The van der Waals surface area contributed by atoms with Crippen molar-refractivity contribution in [3.8, 4) is 0 Å². The third-order valence-electron chi connectivity index (χ3n) is 5.65. The summed E-state index contributed by atoms with van der Waals surface area (Å²) >= 11 is 0. The van der Waals surface area contributed by atoms with Gasteiger partial charge < -0.3 is 15.0 Å². The standard InChI is InChI=1S/C25H32N2O3/c1-19-10-12-20(13-11-19)18-27(25(29)22-7-3-4-8-22)23-9-5-6-21(16-23)17-24(28)26-14-15-30-2/h5-6,9-13,16,22H,3-4,7-8,14-15,17-18H2,1-2H3,(H,26,28). The quantitative estimate of drug-likeness (QED) is 0.638. The second-order valence-electron chi connectivity index (χ2n) is 8.08. The lowest BCUT2D eigenvalue weighted by Crippen LogP contribution is -2.35. The Morgan fingerprint density at radius 1 is 1.07 bits per heavy atom. The van der Waals surface area contributed by atoms with Crippen molar-refractivity contribution in [2.24, 2.45) is 5.92 Å². The summed E-state index contributed by atoms with van der Waals surface area (Å²) in [5, 5.41) is 2.85. The number of hydrogen-bond donors (Lipinski definition) is 1. The predicted octanol–water partition coefficient (Wildman–Crippen LogP) is 4.02. The highest BCUT2D eigenvalue weighted by molar-refractivity contribution is 5.95. The van der Waals surface area contributed by atoms with Crippen LogP contribution < -0.4 is 10.2 Å². The zero-order valence-electron chi connectivity index (χ0n) is 18.0. The molecule has 0 radical (unpaired) electrons. The first kappa shape index (κ1) is 22.0. The lowest BCUT2D eigenvalue weighted by atomic mass is 10.0. The molecule has 0 aliphatic heterocycles. The van der Waals surface area contributed by atoms with E-state index in [1.165, 1.54) is 5.56 Å². The van der Waals surface area contributed by atoms with Crippen LogP contribution in [0.15, 0.2) is 48.5 Å². The molecule has 0 aromatic heterocycles. The number of methoxy groups -OCH3 is 1. The van der Waals surface area contributed by atoms with E-state index < -0.39 is 0 Å². The van der Waals surface area contributed by atoms with Gasteiger partial charge in [-0.05, 0) is 43.0 Å². The summed E-state index contributed by atoms with van der Waals surface area (Å²) in [6, 6.07) is 16.1. The van der Waals surface area contributed by atoms with Gasteiger partial charge in [0.25, 0.3) is 0 Å². The van der Waals surface area contributed by atoms with Gasteiger partial charge in [0.15, 0.2) is 0 Å². The molecule has 1 fully saturated rings. The second kappa shape index (κ2) is 10.9. The summed E-state index contributed by atoms with van der Waals surface area (Å²) in [7, 11) is 1.61. The Labute approximate surface area is 179 Å². The molecule has 0 saturated heterocycles. The van der Waals surface area contributed by atoms with Gasteiger partial charge in [-0.15, -0.1) is 0 Å². The molecule has 5 heteroatoms. The molecule has 0 bridgehead atoms. The van der Waals surface area contributed by atoms with Crippen LogP contribution >= 0.6 is 0 Å². The maximum atomic E-state index is 13.4. The Morgan fingerprint density at radius 2 is 1.80 bits per heavy atom. The van der Waals surface area contributed by atoms with E-state index in [9.17, 15) is 9.59 Å². The summed E-state index contributed by atoms with van der Waals surface area (Å²) in [6.45, 7) is 3.59. The monoisotopic (exact) mass is 408 g/mol. The van der Waals surface area contributed by atoms with Gasteiger partial charge in [0.2, 0.25) is 11.8 Å². The minimum Gasteiger partial charge on any atom is -0.383 e. The van der Waals surface area contributed by atoms with Gasteiger partial charge >= 0.3 is 0 Å². The average Bonchev–Trinajstić information content (AvgIpc) is 3.28. The fraction of sp³-hybridized carbons (Fsp3) is 0.440. The van der Waals surface area contributed by atoms with Gasteiger partial charge in [-0.1, -0.05) is 54.8 Å². The number of hydrogen-bond acceptors (Lipinski definition) is 3. The molecule has 2 amide bonds. The molecule has 30 heavy (non-hydrogen) atoms. The molecule has 1 aliphatic carbocycles. The summed E-state index contributed by atoms with van der Waals surface area (Å²) < 4.78 is 4.97. The summed E-state index contributed by atoms with van der Waals surface area (Å²) in [5.41, 5.74) is 4.06. The molecule has 2 aromatic rings. The number of anilines is 1. The number of nitrogens with one attached hydrogen (secondary N) is 1. The van der Waals surface area contributed by atoms with E-state index in [0.717, 1.165) is 42.5 Å². The van der Waals surface area contributed by atoms with Crippen molar-refractivity contribution in [2.75, 3.05) is 25.2 Å². The summed E-state index contributed by atoms with van der Waals surface area (Å²) in [4.78, 5) is 27.4. The highest BCUT2D eigenvalue weighted by Crippen LogP contribution is 2.30. The molecule has 160 valence electrons. The molecular formula is C25H32N2O3. The van der Waals surface area contributed by atoms with Crippen molar-refractivity contribution in [1.82, 2.24) is 5.32 Å². The van der Waals surface area contributed by atoms with E-state index in [1.807, 2.05) is 29.2 Å². The molecule has 3 rings (SSSR count). The van der Waals surface area contributed by atoms with Crippen LogP contribution in [-0.2, 0) is 27.3 Å². The number of rotatable bonds is 9. The molecule has 0 spiro atoms. The normalized spacial score (nSPS) is 13.9. The van der Waals surface area contributed by atoms with Crippen LogP contribution in [0.4, 0.5) is 5.69 Å². The molecule has 1 saturated carbocycles. The molecule has 1 N–H and O–H groups in total. The largest absolute Gasteiger partial charge is 0.383 e. The number of amides is 2. The smallest absolute Gasteiger partial charge is 0.230 e. The SMILES string of the molecule is COCCNC(=O)Cc1cccc(N(Cc2ccc(C)cc2)C(=O)C2CCCC2)c1. The van der Waals surface area contributed by atoms with Gasteiger partial charge in [0.1, 0.15) is 0 Å². The number of aryl methyl sites for hydroxylation is 1. The fourth-order valence-electron chi connectivity index (χ4n) is 3.94. The maximum absolute atomic E-state index is 13.4. The van der Waals surface area contributed by atoms with Crippen LogP contribution in [0.1, 0.15) is 42.4 Å². The van der Waals surface area contributed by atoms with Crippen molar-refractivity contribution in [3.05, 3.63) is 65.2 Å². The summed E-state index contributed by atoms with van der Waals surface area (Å²) in [5.74, 6) is 0.239. The second-order valence-corrected chi connectivity index (χ2v) is 8.08. The van der Waals surface area contributed by atoms with Gasteiger partial charge in [0.05, 0.1) is 19.6 Å². The van der Waals surface area contributed by atoms with Crippen molar-refractivity contribution in [3.63, 3.8) is 0 Å². The van der Waals surface area contributed by atoms with E-state index >= 15 is 0 Å². The molecule has 2 aromatic carbocycles. The van der Waals surface area contributed by atoms with E-state index in [2.05, 4.69) is 36.5 Å². The third kappa shape index (κ3) is 6.17. The van der Waals surface area contributed by atoms with Crippen LogP contribution in [0.2, 0.25) is 0 Å². The fourth-order valence-corrected chi connectivity index (χ4v) is 3.94. The zero-order chi connectivity index (χ0) is 21.3.